The molecule has 0 atom stereocenters. The van der Waals surface area contributed by atoms with Crippen LogP contribution in [-0.4, -0.2) is 35.7 Å². The van der Waals surface area contributed by atoms with Gasteiger partial charge >= 0.3 is 0 Å². The predicted octanol–water partition coefficient (Wildman–Crippen LogP) is 5.58. The van der Waals surface area contributed by atoms with Crippen LogP contribution in [0.15, 0.2) is 72.8 Å². The molecular weight excluding hydrogens is 438 g/mol. The zero-order chi connectivity index (χ0) is 24.5. The summed E-state index contributed by atoms with van der Waals surface area (Å²) >= 11 is 0. The van der Waals surface area contributed by atoms with Gasteiger partial charge in [-0.2, -0.15) is 0 Å². The first-order valence-electron chi connectivity index (χ1n) is 12.2. The van der Waals surface area contributed by atoms with E-state index in [2.05, 4.69) is 22.0 Å². The summed E-state index contributed by atoms with van der Waals surface area (Å²) in [6.45, 7) is 3.93. The van der Waals surface area contributed by atoms with Crippen LogP contribution in [0.3, 0.4) is 0 Å². The van der Waals surface area contributed by atoms with Gasteiger partial charge in [-0.05, 0) is 67.8 Å². The van der Waals surface area contributed by atoms with E-state index in [-0.39, 0.29) is 5.91 Å². The lowest BCUT2D eigenvalue weighted by atomic mass is 10.1. The number of nitrogens with zero attached hydrogens (tertiary/aromatic N) is 2. The average Bonchev–Trinajstić information content (AvgIpc) is 3.24. The normalized spacial score (nSPS) is 10.9. The third-order valence-corrected chi connectivity index (χ3v) is 6.13. The molecule has 6 nitrogen and oxygen atoms in total. The largest absolute Gasteiger partial charge is 0.497 e. The van der Waals surface area contributed by atoms with Gasteiger partial charge in [0, 0.05) is 18.5 Å². The monoisotopic (exact) mass is 471 g/mol. The molecule has 1 N–H and O–H groups in total. The predicted molar refractivity (Wildman–Crippen MR) is 139 cm³/mol. The summed E-state index contributed by atoms with van der Waals surface area (Å²) in [5.74, 6) is 2.72. The molecule has 0 aliphatic rings. The molecule has 0 unspecified atom stereocenters. The fraction of sp³-hybridized carbons (Fsp3) is 0.310. The molecule has 0 aliphatic heterocycles. The number of imidazole rings is 1. The Labute approximate surface area is 206 Å². The van der Waals surface area contributed by atoms with Crippen LogP contribution in [-0.2, 0) is 13.0 Å². The molecule has 4 aromatic rings. The van der Waals surface area contributed by atoms with Gasteiger partial charge in [0.05, 0.1) is 24.7 Å². The van der Waals surface area contributed by atoms with Gasteiger partial charge < -0.3 is 19.4 Å². The van der Waals surface area contributed by atoms with Crippen molar-refractivity contribution in [2.45, 2.75) is 39.2 Å². The van der Waals surface area contributed by atoms with E-state index >= 15 is 0 Å². The van der Waals surface area contributed by atoms with E-state index in [0.29, 0.717) is 13.2 Å². The van der Waals surface area contributed by atoms with Crippen LogP contribution in [0, 0.1) is 6.92 Å². The summed E-state index contributed by atoms with van der Waals surface area (Å²) in [6, 6.07) is 23.6. The van der Waals surface area contributed by atoms with E-state index in [4.69, 9.17) is 14.5 Å². The highest BCUT2D eigenvalue weighted by Gasteiger charge is 2.11. The lowest BCUT2D eigenvalue weighted by Gasteiger charge is -2.11. The zero-order valence-electron chi connectivity index (χ0n) is 20.5. The Hall–Kier alpha value is -3.80. The number of aromatic nitrogens is 2. The minimum atomic E-state index is 0.00162. The fourth-order valence-electron chi connectivity index (χ4n) is 4.20. The van der Waals surface area contributed by atoms with Gasteiger partial charge in [-0.3, -0.25) is 4.79 Å². The number of aryl methyl sites for hydroxylation is 2. The first-order valence-corrected chi connectivity index (χ1v) is 12.2. The first-order chi connectivity index (χ1) is 17.2. The Morgan fingerprint density at radius 2 is 1.66 bits per heavy atom. The summed E-state index contributed by atoms with van der Waals surface area (Å²) < 4.78 is 13.4. The minimum Gasteiger partial charge on any atom is -0.497 e. The maximum Gasteiger partial charge on any atom is 0.251 e. The number of hydrogen-bond donors (Lipinski definition) is 1. The quantitative estimate of drug-likeness (QED) is 0.274. The fourth-order valence-corrected chi connectivity index (χ4v) is 4.20. The molecule has 6 heteroatoms. The van der Waals surface area contributed by atoms with Crippen LogP contribution < -0.4 is 14.8 Å². The summed E-state index contributed by atoms with van der Waals surface area (Å²) in [5, 5.41) is 3.04. The summed E-state index contributed by atoms with van der Waals surface area (Å²) in [6.07, 6.45) is 3.88. The summed E-state index contributed by atoms with van der Waals surface area (Å²) in [5.41, 5.74) is 3.89. The summed E-state index contributed by atoms with van der Waals surface area (Å²) in [7, 11) is 1.66. The lowest BCUT2D eigenvalue weighted by molar-refractivity contribution is 0.0952. The van der Waals surface area contributed by atoms with Crippen molar-refractivity contribution in [1.29, 1.82) is 0 Å². The molecule has 0 saturated heterocycles. The van der Waals surface area contributed by atoms with E-state index in [0.717, 1.165) is 71.7 Å². The van der Waals surface area contributed by atoms with Gasteiger partial charge in [-0.15, -0.1) is 0 Å². The van der Waals surface area contributed by atoms with Crippen LogP contribution in [0.4, 0.5) is 0 Å². The highest BCUT2D eigenvalue weighted by Crippen LogP contribution is 2.20. The van der Waals surface area contributed by atoms with E-state index in [1.165, 1.54) is 0 Å². The molecule has 4 rings (SSSR count). The molecule has 0 bridgehead atoms. The number of unbranched alkanes of at least 4 members (excludes halogenated alkanes) is 2. The first kappa shape index (κ1) is 24.3. The van der Waals surface area contributed by atoms with Crippen molar-refractivity contribution in [3.05, 3.63) is 89.7 Å². The van der Waals surface area contributed by atoms with Crippen molar-refractivity contribution in [3.8, 4) is 11.5 Å². The number of methoxy groups -OCH3 is 1. The lowest BCUT2D eigenvalue weighted by Crippen LogP contribution is -2.25. The molecule has 182 valence electrons. The van der Waals surface area contributed by atoms with Crippen molar-refractivity contribution in [1.82, 2.24) is 14.9 Å². The highest BCUT2D eigenvalue weighted by atomic mass is 16.5. The number of para-hydroxylation sites is 2. The van der Waals surface area contributed by atoms with Gasteiger partial charge in [0.1, 0.15) is 23.9 Å². The number of nitrogens with one attached hydrogen (secondary N) is 1. The molecule has 0 fully saturated rings. The second kappa shape index (κ2) is 12.1. The standard InChI is InChI=1S/C29H33N3O3/c1-22-10-5-6-11-25(22)29(33)30-19-9-3-4-14-28-31-26-12-7-8-13-27(26)32(28)20-21-35-24-17-15-23(34-2)16-18-24/h5-8,10-13,15-18H,3-4,9,14,19-21H2,1-2H3,(H,30,33). The molecule has 3 aromatic carbocycles. The second-order valence-corrected chi connectivity index (χ2v) is 8.57. The number of ether oxygens (including phenoxy) is 2. The van der Waals surface area contributed by atoms with Crippen LogP contribution in [0.2, 0.25) is 0 Å². The van der Waals surface area contributed by atoms with Crippen LogP contribution in [0.5, 0.6) is 11.5 Å². The number of amides is 1. The number of carbonyl (C=O) groups is 1. The van der Waals surface area contributed by atoms with E-state index in [1.54, 1.807) is 7.11 Å². The molecular formula is C29H33N3O3. The minimum absolute atomic E-state index is 0.00162. The van der Waals surface area contributed by atoms with E-state index in [9.17, 15) is 4.79 Å². The van der Waals surface area contributed by atoms with Gasteiger partial charge in [0.25, 0.3) is 5.91 Å². The third-order valence-electron chi connectivity index (χ3n) is 6.13. The van der Waals surface area contributed by atoms with E-state index < -0.39 is 0 Å². The molecule has 1 amide bonds. The van der Waals surface area contributed by atoms with Gasteiger partial charge in [0.15, 0.2) is 0 Å². The topological polar surface area (TPSA) is 65.4 Å². The highest BCUT2D eigenvalue weighted by molar-refractivity contribution is 5.95. The second-order valence-electron chi connectivity index (χ2n) is 8.57. The maximum absolute atomic E-state index is 12.4. The molecule has 0 saturated carbocycles. The Bertz CT molecular complexity index is 1250. The van der Waals surface area contributed by atoms with Gasteiger partial charge in [0.2, 0.25) is 0 Å². The van der Waals surface area contributed by atoms with Crippen molar-refractivity contribution >= 4 is 16.9 Å². The number of fused-ring (bicyclic) bond motifs is 1. The molecule has 1 aromatic heterocycles. The molecule has 35 heavy (non-hydrogen) atoms. The van der Waals surface area contributed by atoms with Gasteiger partial charge in [-0.25, -0.2) is 4.98 Å². The van der Waals surface area contributed by atoms with Crippen molar-refractivity contribution < 1.29 is 14.3 Å². The number of rotatable bonds is 12. The maximum atomic E-state index is 12.4. The van der Waals surface area contributed by atoms with Crippen molar-refractivity contribution in [3.63, 3.8) is 0 Å². The zero-order valence-corrected chi connectivity index (χ0v) is 20.5. The average molecular weight is 472 g/mol. The number of carbonyl (C=O) groups excluding carboxylic acids is 1. The van der Waals surface area contributed by atoms with E-state index in [1.807, 2.05) is 67.6 Å². The Morgan fingerprint density at radius 3 is 2.46 bits per heavy atom. The van der Waals surface area contributed by atoms with Gasteiger partial charge in [-0.1, -0.05) is 36.8 Å². The van der Waals surface area contributed by atoms with Crippen LogP contribution >= 0.6 is 0 Å². The smallest absolute Gasteiger partial charge is 0.251 e. The number of benzene rings is 3. The Balaban J connectivity index is 1.27. The van der Waals surface area contributed by atoms with Crippen LogP contribution in [0.1, 0.15) is 41.0 Å². The van der Waals surface area contributed by atoms with Crippen molar-refractivity contribution in [2.75, 3.05) is 20.3 Å². The molecule has 0 spiro atoms. The van der Waals surface area contributed by atoms with Crippen LogP contribution in [0.25, 0.3) is 11.0 Å². The van der Waals surface area contributed by atoms with Crippen molar-refractivity contribution in [2.24, 2.45) is 0 Å². The molecule has 0 aliphatic carbocycles. The summed E-state index contributed by atoms with van der Waals surface area (Å²) in [4.78, 5) is 17.2. The Kier molecular flexibility index (Phi) is 8.39. The Morgan fingerprint density at radius 1 is 0.914 bits per heavy atom. The third kappa shape index (κ3) is 6.41. The number of hydrogen-bond acceptors (Lipinski definition) is 4. The molecule has 1 heterocycles. The SMILES string of the molecule is COc1ccc(OCCn2c(CCCCCNC(=O)c3ccccc3C)nc3ccccc32)cc1. The molecule has 0 radical (unpaired) electrons.